The molecule has 1 saturated heterocycles. The summed E-state index contributed by atoms with van der Waals surface area (Å²) >= 11 is 0. The first-order valence-electron chi connectivity index (χ1n) is 8.18. The molecular weight excluding hydrogens is 272 g/mol. The van der Waals surface area contributed by atoms with Crippen LogP contribution in [0, 0.1) is 6.92 Å². The number of nitrogens with zero attached hydrogens (tertiary/aromatic N) is 3. The minimum Gasteiger partial charge on any atom is -0.399 e. The molecule has 0 unspecified atom stereocenters. The Morgan fingerprint density at radius 2 is 1.91 bits per heavy atom. The smallest absolute Gasteiger partial charge is 0.0707 e. The zero-order chi connectivity index (χ0) is 15.5. The monoisotopic (exact) mass is 298 g/mol. The molecule has 0 aliphatic carbocycles. The number of piperazine rings is 1. The fraction of sp³-hybridized carbons (Fsp3) is 0.500. The Kier molecular flexibility index (Phi) is 4.60. The second kappa shape index (κ2) is 6.63. The average Bonchev–Trinajstić information content (AvgIpc) is 2.50. The molecule has 118 valence electrons. The Balaban J connectivity index is 1.61. The number of anilines is 1. The number of pyridine rings is 1. The van der Waals surface area contributed by atoms with Gasteiger partial charge in [0.25, 0.3) is 0 Å². The summed E-state index contributed by atoms with van der Waals surface area (Å²) in [5.74, 6) is 0. The van der Waals surface area contributed by atoms with Crippen LogP contribution in [-0.4, -0.2) is 54.6 Å². The van der Waals surface area contributed by atoms with Gasteiger partial charge < -0.3 is 15.5 Å². The Hall–Kier alpha value is -1.65. The second-order valence-corrected chi connectivity index (χ2v) is 6.45. The highest BCUT2D eigenvalue weighted by Gasteiger charge is 2.13. The molecule has 0 radical (unpaired) electrons. The molecule has 2 aromatic rings. The highest BCUT2D eigenvalue weighted by Crippen LogP contribution is 2.20. The number of fused-ring (bicyclic) bond motifs is 1. The van der Waals surface area contributed by atoms with E-state index in [1.54, 1.807) is 0 Å². The number of rotatable bonds is 4. The fourth-order valence-electron chi connectivity index (χ4n) is 3.14. The van der Waals surface area contributed by atoms with E-state index in [4.69, 9.17) is 10.7 Å². The third kappa shape index (κ3) is 3.57. The molecule has 1 aliphatic rings. The number of hydrogen-bond acceptors (Lipinski definition) is 4. The van der Waals surface area contributed by atoms with E-state index < -0.39 is 0 Å². The van der Waals surface area contributed by atoms with E-state index in [1.807, 2.05) is 18.2 Å². The SMILES string of the molecule is Cc1cc2cc(N)ccc2nc1CCCN1CCN(C)CC1. The molecule has 1 fully saturated rings. The van der Waals surface area contributed by atoms with Crippen LogP contribution in [0.15, 0.2) is 24.3 Å². The van der Waals surface area contributed by atoms with Gasteiger partial charge in [0.15, 0.2) is 0 Å². The lowest BCUT2D eigenvalue weighted by Crippen LogP contribution is -2.44. The van der Waals surface area contributed by atoms with Crippen LogP contribution in [0.1, 0.15) is 17.7 Å². The number of hydrogen-bond donors (Lipinski definition) is 1. The van der Waals surface area contributed by atoms with Gasteiger partial charge in [-0.1, -0.05) is 0 Å². The molecule has 1 aromatic heterocycles. The minimum absolute atomic E-state index is 0.802. The van der Waals surface area contributed by atoms with E-state index in [0.717, 1.165) is 23.0 Å². The van der Waals surface area contributed by atoms with Crippen LogP contribution in [0.25, 0.3) is 10.9 Å². The van der Waals surface area contributed by atoms with Crippen molar-refractivity contribution in [2.45, 2.75) is 19.8 Å². The molecule has 0 spiro atoms. The molecule has 0 saturated carbocycles. The molecule has 1 aliphatic heterocycles. The van der Waals surface area contributed by atoms with Gasteiger partial charge in [-0.05, 0) is 63.2 Å². The maximum Gasteiger partial charge on any atom is 0.0707 e. The summed E-state index contributed by atoms with van der Waals surface area (Å²) in [5, 5.41) is 1.14. The zero-order valence-electron chi connectivity index (χ0n) is 13.7. The van der Waals surface area contributed by atoms with E-state index >= 15 is 0 Å². The number of nitrogen functional groups attached to an aromatic ring is 1. The highest BCUT2D eigenvalue weighted by atomic mass is 15.2. The molecular formula is C18H26N4. The third-order valence-corrected chi connectivity index (χ3v) is 4.62. The van der Waals surface area contributed by atoms with Crippen molar-refractivity contribution >= 4 is 16.6 Å². The molecule has 1 aromatic carbocycles. The second-order valence-electron chi connectivity index (χ2n) is 6.45. The molecule has 22 heavy (non-hydrogen) atoms. The van der Waals surface area contributed by atoms with Gasteiger partial charge in [0, 0.05) is 42.9 Å². The molecule has 0 amide bonds. The zero-order valence-corrected chi connectivity index (χ0v) is 13.7. The van der Waals surface area contributed by atoms with Gasteiger partial charge in [-0.3, -0.25) is 4.98 Å². The number of benzene rings is 1. The fourth-order valence-corrected chi connectivity index (χ4v) is 3.14. The first kappa shape index (κ1) is 15.3. The van der Waals surface area contributed by atoms with E-state index in [0.29, 0.717) is 0 Å². The number of nitrogens with two attached hydrogens (primary N) is 1. The third-order valence-electron chi connectivity index (χ3n) is 4.62. The van der Waals surface area contributed by atoms with Crippen molar-refractivity contribution in [3.05, 3.63) is 35.5 Å². The summed E-state index contributed by atoms with van der Waals surface area (Å²) in [5.41, 5.74) is 10.2. The Bertz CT molecular complexity index is 645. The molecule has 4 nitrogen and oxygen atoms in total. The lowest BCUT2D eigenvalue weighted by atomic mass is 10.1. The van der Waals surface area contributed by atoms with Gasteiger partial charge in [0.1, 0.15) is 0 Å². The van der Waals surface area contributed by atoms with Crippen LogP contribution in [0.2, 0.25) is 0 Å². The van der Waals surface area contributed by atoms with Gasteiger partial charge in [-0.15, -0.1) is 0 Å². The van der Waals surface area contributed by atoms with Crippen molar-refractivity contribution in [3.8, 4) is 0 Å². The predicted molar refractivity (Wildman–Crippen MR) is 93.2 cm³/mol. The van der Waals surface area contributed by atoms with Gasteiger partial charge in [0.2, 0.25) is 0 Å². The standard InChI is InChI=1S/C18H26N4/c1-14-12-15-13-16(19)5-6-18(15)20-17(14)4-3-7-22-10-8-21(2)9-11-22/h5-6,12-13H,3-4,7-11,19H2,1-2H3. The Morgan fingerprint density at radius 3 is 2.68 bits per heavy atom. The van der Waals surface area contributed by atoms with Crippen LogP contribution < -0.4 is 5.73 Å². The average molecular weight is 298 g/mol. The topological polar surface area (TPSA) is 45.4 Å². The van der Waals surface area contributed by atoms with Crippen molar-refractivity contribution in [1.82, 2.24) is 14.8 Å². The van der Waals surface area contributed by atoms with E-state index in [9.17, 15) is 0 Å². The van der Waals surface area contributed by atoms with Crippen molar-refractivity contribution in [2.24, 2.45) is 0 Å². The van der Waals surface area contributed by atoms with Crippen molar-refractivity contribution in [2.75, 3.05) is 45.5 Å². The van der Waals surface area contributed by atoms with Crippen LogP contribution >= 0.6 is 0 Å². The van der Waals surface area contributed by atoms with E-state index in [1.165, 1.54) is 50.4 Å². The van der Waals surface area contributed by atoms with Gasteiger partial charge in [-0.2, -0.15) is 0 Å². The normalized spacial score (nSPS) is 17.2. The predicted octanol–water partition coefficient (Wildman–Crippen LogP) is 2.31. The quantitative estimate of drug-likeness (QED) is 0.880. The van der Waals surface area contributed by atoms with Crippen LogP contribution in [0.3, 0.4) is 0 Å². The van der Waals surface area contributed by atoms with Crippen molar-refractivity contribution in [3.63, 3.8) is 0 Å². The van der Waals surface area contributed by atoms with E-state index in [-0.39, 0.29) is 0 Å². The lowest BCUT2D eigenvalue weighted by molar-refractivity contribution is 0.153. The van der Waals surface area contributed by atoms with Crippen LogP contribution in [0.4, 0.5) is 5.69 Å². The van der Waals surface area contributed by atoms with Crippen molar-refractivity contribution in [1.29, 1.82) is 0 Å². The first-order chi connectivity index (χ1) is 10.6. The van der Waals surface area contributed by atoms with Gasteiger partial charge in [-0.25, -0.2) is 0 Å². The Morgan fingerprint density at radius 1 is 1.14 bits per heavy atom. The van der Waals surface area contributed by atoms with Crippen LogP contribution in [-0.2, 0) is 6.42 Å². The van der Waals surface area contributed by atoms with Gasteiger partial charge in [0.05, 0.1) is 5.52 Å². The lowest BCUT2D eigenvalue weighted by Gasteiger charge is -2.32. The molecule has 0 bridgehead atoms. The summed E-state index contributed by atoms with van der Waals surface area (Å²) in [6.45, 7) is 8.10. The highest BCUT2D eigenvalue weighted by molar-refractivity contribution is 5.82. The molecule has 2 heterocycles. The van der Waals surface area contributed by atoms with E-state index in [2.05, 4.69) is 29.8 Å². The summed E-state index contributed by atoms with van der Waals surface area (Å²) in [6.07, 6.45) is 2.23. The summed E-state index contributed by atoms with van der Waals surface area (Å²) in [7, 11) is 2.20. The Labute approximate surface area is 132 Å². The number of likely N-dealkylation sites (N-methyl/N-ethyl adjacent to an activating group) is 1. The first-order valence-corrected chi connectivity index (χ1v) is 8.18. The maximum absolute atomic E-state index is 5.85. The molecule has 3 rings (SSSR count). The van der Waals surface area contributed by atoms with Crippen LogP contribution in [0.5, 0.6) is 0 Å². The largest absolute Gasteiger partial charge is 0.399 e. The summed E-state index contributed by atoms with van der Waals surface area (Å²) in [6, 6.07) is 8.17. The number of aryl methyl sites for hydroxylation is 2. The molecule has 4 heteroatoms. The molecule has 0 atom stereocenters. The summed E-state index contributed by atoms with van der Waals surface area (Å²) < 4.78 is 0. The maximum atomic E-state index is 5.85. The number of aromatic nitrogens is 1. The minimum atomic E-state index is 0.802. The van der Waals surface area contributed by atoms with Crippen molar-refractivity contribution < 1.29 is 0 Å². The molecule has 2 N–H and O–H groups in total. The van der Waals surface area contributed by atoms with Gasteiger partial charge >= 0.3 is 0 Å². The summed E-state index contributed by atoms with van der Waals surface area (Å²) in [4.78, 5) is 9.79.